The van der Waals surface area contributed by atoms with Crippen LogP contribution >= 0.6 is 11.8 Å². The summed E-state index contributed by atoms with van der Waals surface area (Å²) in [5.41, 5.74) is 2.25. The smallest absolute Gasteiger partial charge is 0.262 e. The second-order valence-electron chi connectivity index (χ2n) is 9.23. The van der Waals surface area contributed by atoms with Gasteiger partial charge in [-0.05, 0) is 56.0 Å². The molecule has 1 fully saturated rings. The number of hydrogen-bond donors (Lipinski definition) is 2. The van der Waals surface area contributed by atoms with Crippen LogP contribution < -0.4 is 10.6 Å². The van der Waals surface area contributed by atoms with Crippen molar-refractivity contribution < 1.29 is 9.59 Å². The van der Waals surface area contributed by atoms with Gasteiger partial charge in [-0.3, -0.25) is 14.5 Å². The van der Waals surface area contributed by atoms with Gasteiger partial charge in [-0.2, -0.15) is 0 Å². The molecule has 5 nitrogen and oxygen atoms in total. The van der Waals surface area contributed by atoms with Gasteiger partial charge in [-0.15, -0.1) is 0 Å². The van der Waals surface area contributed by atoms with Gasteiger partial charge in [0.05, 0.1) is 10.6 Å². The molecule has 1 atom stereocenters. The minimum atomic E-state index is -0.143. The number of rotatable bonds is 8. The number of anilines is 1. The zero-order chi connectivity index (χ0) is 23.9. The molecule has 34 heavy (non-hydrogen) atoms. The summed E-state index contributed by atoms with van der Waals surface area (Å²) in [5.74, 6) is -0.240. The molecule has 1 aliphatic carbocycles. The maximum absolute atomic E-state index is 12.9. The predicted molar refractivity (Wildman–Crippen MR) is 141 cm³/mol. The van der Waals surface area contributed by atoms with Crippen LogP contribution in [0.5, 0.6) is 0 Å². The van der Waals surface area contributed by atoms with Crippen LogP contribution in [0.15, 0.2) is 58.3 Å². The molecule has 4 rings (SSSR count). The summed E-state index contributed by atoms with van der Waals surface area (Å²) in [6.45, 7) is 6.03. The van der Waals surface area contributed by atoms with E-state index in [4.69, 9.17) is 0 Å². The van der Waals surface area contributed by atoms with Crippen LogP contribution in [0.4, 0.5) is 5.69 Å². The average molecular weight is 478 g/mol. The van der Waals surface area contributed by atoms with Crippen molar-refractivity contribution in [2.24, 2.45) is 0 Å². The van der Waals surface area contributed by atoms with E-state index in [1.54, 1.807) is 6.07 Å². The van der Waals surface area contributed by atoms with Crippen molar-refractivity contribution in [1.29, 1.82) is 0 Å². The Hall–Kier alpha value is -2.57. The molecular formula is C28H35N3O2S. The zero-order valence-electron chi connectivity index (χ0n) is 20.2. The van der Waals surface area contributed by atoms with Gasteiger partial charge in [0.15, 0.2) is 0 Å². The van der Waals surface area contributed by atoms with E-state index >= 15 is 0 Å². The Morgan fingerprint density at radius 2 is 1.94 bits per heavy atom. The molecule has 1 saturated carbocycles. The first-order valence-electron chi connectivity index (χ1n) is 12.5. The molecule has 1 aliphatic heterocycles. The number of carbonyl (C=O) groups excluding carboxylic acids is 2. The molecule has 1 heterocycles. The highest BCUT2D eigenvalue weighted by molar-refractivity contribution is 8.04. The Bertz CT molecular complexity index is 1030. The molecule has 2 aliphatic rings. The minimum absolute atomic E-state index is 0.0968. The molecule has 2 N–H and O–H groups in total. The largest absolute Gasteiger partial charge is 0.351 e. The molecular weight excluding hydrogens is 442 g/mol. The quantitative estimate of drug-likeness (QED) is 0.462. The highest BCUT2D eigenvalue weighted by atomic mass is 32.2. The van der Waals surface area contributed by atoms with Crippen molar-refractivity contribution in [3.8, 4) is 0 Å². The fourth-order valence-electron chi connectivity index (χ4n) is 4.81. The lowest BCUT2D eigenvalue weighted by Gasteiger charge is -2.38. The Morgan fingerprint density at radius 1 is 1.18 bits per heavy atom. The fraction of sp³-hybridized carbons (Fsp3) is 0.429. The number of fused-ring (bicyclic) bond motifs is 1. The lowest BCUT2D eigenvalue weighted by Crippen LogP contribution is -2.46. The number of thioether (sulfide) groups is 1. The van der Waals surface area contributed by atoms with E-state index in [1.165, 1.54) is 43.9 Å². The van der Waals surface area contributed by atoms with E-state index in [0.717, 1.165) is 23.4 Å². The highest BCUT2D eigenvalue weighted by Gasteiger charge is 2.25. The lowest BCUT2D eigenvalue weighted by atomic mass is 9.93. The third-order valence-electron chi connectivity index (χ3n) is 6.89. The number of nitrogens with zero attached hydrogens (tertiary/aromatic N) is 1. The predicted octanol–water partition coefficient (Wildman–Crippen LogP) is 5.93. The summed E-state index contributed by atoms with van der Waals surface area (Å²) >= 11 is 1.43. The number of amides is 2. The van der Waals surface area contributed by atoms with Crippen molar-refractivity contribution in [1.82, 2.24) is 10.2 Å². The second-order valence-corrected chi connectivity index (χ2v) is 10.3. The van der Waals surface area contributed by atoms with Crippen LogP contribution in [-0.2, 0) is 4.79 Å². The molecule has 0 saturated heterocycles. The average Bonchev–Trinajstić information content (AvgIpc) is 2.87. The Labute approximate surface area is 207 Å². The molecule has 0 unspecified atom stereocenters. The van der Waals surface area contributed by atoms with E-state index in [2.05, 4.69) is 29.4 Å². The van der Waals surface area contributed by atoms with Gasteiger partial charge in [-0.1, -0.05) is 68.3 Å². The first-order valence-corrected chi connectivity index (χ1v) is 13.3. The highest BCUT2D eigenvalue weighted by Crippen LogP contribution is 2.39. The van der Waals surface area contributed by atoms with Crippen LogP contribution in [0.1, 0.15) is 68.3 Å². The summed E-state index contributed by atoms with van der Waals surface area (Å²) < 4.78 is 0. The molecule has 2 aromatic rings. The summed E-state index contributed by atoms with van der Waals surface area (Å²) in [7, 11) is 0. The SMILES string of the molecule is CC[C@@H](C)N(CCNC(=O)c1ccc2c(c1)NC(=O)/C(=C/c1ccccc1)S2)C1CCCCC1. The van der Waals surface area contributed by atoms with Gasteiger partial charge in [-0.25, -0.2) is 0 Å². The summed E-state index contributed by atoms with van der Waals surface area (Å²) in [6.07, 6.45) is 9.50. The van der Waals surface area contributed by atoms with Crippen molar-refractivity contribution in [2.75, 3.05) is 18.4 Å². The molecule has 180 valence electrons. The number of carbonyl (C=O) groups is 2. The Morgan fingerprint density at radius 3 is 2.68 bits per heavy atom. The van der Waals surface area contributed by atoms with Crippen molar-refractivity contribution in [3.63, 3.8) is 0 Å². The van der Waals surface area contributed by atoms with E-state index in [9.17, 15) is 9.59 Å². The van der Waals surface area contributed by atoms with E-state index in [0.29, 0.717) is 34.8 Å². The minimum Gasteiger partial charge on any atom is -0.351 e. The zero-order valence-corrected chi connectivity index (χ0v) is 21.0. The van der Waals surface area contributed by atoms with Gasteiger partial charge in [0, 0.05) is 35.6 Å². The van der Waals surface area contributed by atoms with Gasteiger partial charge < -0.3 is 10.6 Å². The maximum atomic E-state index is 12.9. The van der Waals surface area contributed by atoms with Crippen LogP contribution in [-0.4, -0.2) is 41.9 Å². The Balaban J connectivity index is 1.37. The first-order chi connectivity index (χ1) is 16.5. The molecule has 0 bridgehead atoms. The maximum Gasteiger partial charge on any atom is 0.262 e. The molecule has 2 amide bonds. The van der Waals surface area contributed by atoms with Crippen LogP contribution in [0, 0.1) is 0 Å². The summed E-state index contributed by atoms with van der Waals surface area (Å²) in [5, 5.41) is 6.04. The lowest BCUT2D eigenvalue weighted by molar-refractivity contribution is -0.112. The van der Waals surface area contributed by atoms with E-state index < -0.39 is 0 Å². The van der Waals surface area contributed by atoms with Crippen molar-refractivity contribution in [2.45, 2.75) is 69.4 Å². The standard InChI is InChI=1S/C28H35N3O2S/c1-3-20(2)31(23-12-8-5-9-13-23)17-16-29-27(32)22-14-15-25-24(19-22)30-28(33)26(34-25)18-21-10-6-4-7-11-21/h4,6-7,10-11,14-15,18-20,23H,3,5,8-9,12-13,16-17H2,1-2H3,(H,29,32)(H,30,33)/b26-18-/t20-/m1/s1. The van der Waals surface area contributed by atoms with Crippen LogP contribution in [0.3, 0.4) is 0 Å². The first kappa shape index (κ1) is 24.6. The van der Waals surface area contributed by atoms with Gasteiger partial charge >= 0.3 is 0 Å². The van der Waals surface area contributed by atoms with Gasteiger partial charge in [0.25, 0.3) is 11.8 Å². The third kappa shape index (κ3) is 6.10. The topological polar surface area (TPSA) is 61.4 Å². The van der Waals surface area contributed by atoms with Gasteiger partial charge in [0.1, 0.15) is 0 Å². The van der Waals surface area contributed by atoms with Crippen molar-refractivity contribution >= 4 is 35.3 Å². The van der Waals surface area contributed by atoms with Gasteiger partial charge in [0.2, 0.25) is 0 Å². The third-order valence-corrected chi connectivity index (χ3v) is 7.99. The van der Waals surface area contributed by atoms with E-state index in [-0.39, 0.29) is 11.8 Å². The van der Waals surface area contributed by atoms with E-state index in [1.807, 2.05) is 48.5 Å². The number of benzene rings is 2. The number of hydrogen-bond acceptors (Lipinski definition) is 4. The molecule has 2 aromatic carbocycles. The molecule has 6 heteroatoms. The van der Waals surface area contributed by atoms with Crippen LogP contribution in [0.25, 0.3) is 6.08 Å². The van der Waals surface area contributed by atoms with Crippen molar-refractivity contribution in [3.05, 3.63) is 64.6 Å². The Kier molecular flexibility index (Phi) is 8.46. The normalized spacial score (nSPS) is 18.4. The summed E-state index contributed by atoms with van der Waals surface area (Å²) in [6, 6.07) is 16.5. The second kappa shape index (κ2) is 11.7. The fourth-order valence-corrected chi connectivity index (χ4v) is 5.74. The summed E-state index contributed by atoms with van der Waals surface area (Å²) in [4.78, 5) is 29.7. The molecule has 0 aromatic heterocycles. The monoisotopic (exact) mass is 477 g/mol. The molecule has 0 spiro atoms. The number of nitrogens with one attached hydrogen (secondary N) is 2. The molecule has 0 radical (unpaired) electrons. The van der Waals surface area contributed by atoms with Crippen LogP contribution in [0.2, 0.25) is 0 Å².